The summed E-state index contributed by atoms with van der Waals surface area (Å²) in [6.45, 7) is 8.94. The van der Waals surface area contributed by atoms with E-state index in [0.717, 1.165) is 18.8 Å². The zero-order valence-electron chi connectivity index (χ0n) is 10.4. The summed E-state index contributed by atoms with van der Waals surface area (Å²) in [5, 5.41) is 9.76. The van der Waals surface area contributed by atoms with Crippen molar-refractivity contribution in [3.05, 3.63) is 0 Å². The predicted molar refractivity (Wildman–Crippen MR) is 63.4 cm³/mol. The highest BCUT2D eigenvalue weighted by Gasteiger charge is 2.09. The van der Waals surface area contributed by atoms with Gasteiger partial charge >= 0.3 is 0 Å². The molecule has 1 nitrogen and oxygen atoms in total. The third-order valence-electron chi connectivity index (χ3n) is 2.77. The lowest BCUT2D eigenvalue weighted by molar-refractivity contribution is 0.130. The lowest BCUT2D eigenvalue weighted by atomic mass is 9.95. The van der Waals surface area contributed by atoms with Crippen LogP contribution in [-0.2, 0) is 0 Å². The Morgan fingerprint density at radius 1 is 1.00 bits per heavy atom. The van der Waals surface area contributed by atoms with E-state index in [4.69, 9.17) is 0 Å². The van der Waals surface area contributed by atoms with Gasteiger partial charge in [0, 0.05) is 0 Å². The van der Waals surface area contributed by atoms with Gasteiger partial charge in [-0.25, -0.2) is 0 Å². The van der Waals surface area contributed by atoms with E-state index in [2.05, 4.69) is 27.7 Å². The normalized spacial score (nSPS) is 15.9. The molecule has 0 radical (unpaired) electrons. The second-order valence-corrected chi connectivity index (χ2v) is 5.11. The summed E-state index contributed by atoms with van der Waals surface area (Å²) in [7, 11) is 0. The Labute approximate surface area is 89.9 Å². The molecule has 0 saturated carbocycles. The van der Waals surface area contributed by atoms with Gasteiger partial charge < -0.3 is 5.11 Å². The van der Waals surface area contributed by atoms with Crippen molar-refractivity contribution < 1.29 is 5.11 Å². The highest BCUT2D eigenvalue weighted by molar-refractivity contribution is 4.62. The molecule has 0 aromatic rings. The van der Waals surface area contributed by atoms with Gasteiger partial charge in [-0.1, -0.05) is 53.4 Å². The molecular weight excluding hydrogens is 172 g/mol. The van der Waals surface area contributed by atoms with Crippen molar-refractivity contribution in [2.75, 3.05) is 0 Å². The van der Waals surface area contributed by atoms with Gasteiger partial charge in [-0.2, -0.15) is 0 Å². The first-order valence-electron chi connectivity index (χ1n) is 6.24. The van der Waals surface area contributed by atoms with Gasteiger partial charge in [0.15, 0.2) is 0 Å². The summed E-state index contributed by atoms with van der Waals surface area (Å²) in [5.41, 5.74) is 0. The fourth-order valence-corrected chi connectivity index (χ4v) is 1.95. The molecule has 2 atom stereocenters. The smallest absolute Gasteiger partial charge is 0.0542 e. The SMILES string of the molecule is CCCC(C)CC(O)CCCC(C)C. The quantitative estimate of drug-likeness (QED) is 0.628. The molecule has 0 spiro atoms. The average Bonchev–Trinajstić information content (AvgIpc) is 2.03. The van der Waals surface area contributed by atoms with Crippen LogP contribution in [0.2, 0.25) is 0 Å². The number of hydrogen-bond acceptors (Lipinski definition) is 1. The number of aliphatic hydroxyl groups excluding tert-OH is 1. The van der Waals surface area contributed by atoms with E-state index in [9.17, 15) is 5.11 Å². The van der Waals surface area contributed by atoms with Crippen LogP contribution < -0.4 is 0 Å². The number of rotatable bonds is 8. The predicted octanol–water partition coefficient (Wildman–Crippen LogP) is 4.00. The minimum Gasteiger partial charge on any atom is -0.393 e. The van der Waals surface area contributed by atoms with E-state index in [1.165, 1.54) is 25.7 Å². The number of hydrogen-bond donors (Lipinski definition) is 1. The lowest BCUT2D eigenvalue weighted by Crippen LogP contribution is -2.11. The van der Waals surface area contributed by atoms with E-state index >= 15 is 0 Å². The van der Waals surface area contributed by atoms with E-state index in [1.807, 2.05) is 0 Å². The van der Waals surface area contributed by atoms with E-state index in [-0.39, 0.29) is 6.10 Å². The van der Waals surface area contributed by atoms with Crippen LogP contribution in [0.3, 0.4) is 0 Å². The van der Waals surface area contributed by atoms with Gasteiger partial charge in [-0.05, 0) is 24.7 Å². The molecule has 0 rings (SSSR count). The van der Waals surface area contributed by atoms with Crippen molar-refractivity contribution in [3.8, 4) is 0 Å². The van der Waals surface area contributed by atoms with E-state index in [0.29, 0.717) is 5.92 Å². The molecule has 86 valence electrons. The Balaban J connectivity index is 3.39. The van der Waals surface area contributed by atoms with Crippen molar-refractivity contribution in [3.63, 3.8) is 0 Å². The first-order valence-corrected chi connectivity index (χ1v) is 6.24. The van der Waals surface area contributed by atoms with Crippen molar-refractivity contribution in [2.45, 2.75) is 72.3 Å². The van der Waals surface area contributed by atoms with Crippen molar-refractivity contribution in [2.24, 2.45) is 11.8 Å². The van der Waals surface area contributed by atoms with E-state index in [1.54, 1.807) is 0 Å². The first-order chi connectivity index (χ1) is 6.56. The van der Waals surface area contributed by atoms with E-state index < -0.39 is 0 Å². The molecule has 0 aliphatic heterocycles. The van der Waals surface area contributed by atoms with Crippen LogP contribution in [-0.4, -0.2) is 11.2 Å². The molecule has 0 aromatic heterocycles. The molecule has 14 heavy (non-hydrogen) atoms. The number of aliphatic hydroxyl groups is 1. The Kier molecular flexibility index (Phi) is 8.26. The molecule has 0 aliphatic carbocycles. The summed E-state index contributed by atoms with van der Waals surface area (Å²) < 4.78 is 0. The van der Waals surface area contributed by atoms with Crippen LogP contribution in [0.1, 0.15) is 66.2 Å². The van der Waals surface area contributed by atoms with Gasteiger partial charge in [-0.15, -0.1) is 0 Å². The van der Waals surface area contributed by atoms with Crippen molar-refractivity contribution in [1.29, 1.82) is 0 Å². The maximum Gasteiger partial charge on any atom is 0.0542 e. The van der Waals surface area contributed by atoms with Crippen molar-refractivity contribution in [1.82, 2.24) is 0 Å². The summed E-state index contributed by atoms with van der Waals surface area (Å²) in [5.74, 6) is 1.46. The maximum atomic E-state index is 9.76. The Morgan fingerprint density at radius 2 is 1.64 bits per heavy atom. The van der Waals surface area contributed by atoms with Crippen molar-refractivity contribution >= 4 is 0 Å². The minimum atomic E-state index is -0.0599. The molecule has 2 unspecified atom stereocenters. The molecule has 0 bridgehead atoms. The third-order valence-corrected chi connectivity index (χ3v) is 2.77. The largest absolute Gasteiger partial charge is 0.393 e. The van der Waals surface area contributed by atoms with Crippen LogP contribution in [0.5, 0.6) is 0 Å². The second kappa shape index (κ2) is 8.28. The van der Waals surface area contributed by atoms with Gasteiger partial charge in [0.05, 0.1) is 6.10 Å². The monoisotopic (exact) mass is 200 g/mol. The summed E-state index contributed by atoms with van der Waals surface area (Å²) >= 11 is 0. The molecular formula is C13H28O. The zero-order chi connectivity index (χ0) is 11.0. The first kappa shape index (κ1) is 14.0. The van der Waals surface area contributed by atoms with Crippen LogP contribution in [0, 0.1) is 11.8 Å². The van der Waals surface area contributed by atoms with Gasteiger partial charge in [0.1, 0.15) is 0 Å². The summed E-state index contributed by atoms with van der Waals surface area (Å²) in [4.78, 5) is 0. The third kappa shape index (κ3) is 8.55. The van der Waals surface area contributed by atoms with Crippen LogP contribution >= 0.6 is 0 Å². The highest BCUT2D eigenvalue weighted by Crippen LogP contribution is 2.17. The van der Waals surface area contributed by atoms with Crippen LogP contribution in [0.15, 0.2) is 0 Å². The lowest BCUT2D eigenvalue weighted by Gasteiger charge is -2.16. The molecule has 0 saturated heterocycles. The molecule has 0 amide bonds. The Hall–Kier alpha value is -0.0400. The fourth-order valence-electron chi connectivity index (χ4n) is 1.95. The standard InChI is InChI=1S/C13H28O/c1-5-7-12(4)10-13(14)9-6-8-11(2)3/h11-14H,5-10H2,1-4H3. The van der Waals surface area contributed by atoms with Crippen LogP contribution in [0.4, 0.5) is 0 Å². The average molecular weight is 200 g/mol. The maximum absolute atomic E-state index is 9.76. The highest BCUT2D eigenvalue weighted by atomic mass is 16.3. The zero-order valence-corrected chi connectivity index (χ0v) is 10.4. The summed E-state index contributed by atoms with van der Waals surface area (Å²) in [6, 6.07) is 0. The Bertz CT molecular complexity index is 120. The second-order valence-electron chi connectivity index (χ2n) is 5.11. The molecule has 0 aliphatic rings. The van der Waals surface area contributed by atoms with Gasteiger partial charge in [-0.3, -0.25) is 0 Å². The molecule has 0 aromatic carbocycles. The fraction of sp³-hybridized carbons (Fsp3) is 1.00. The molecule has 0 fully saturated rings. The van der Waals surface area contributed by atoms with Gasteiger partial charge in [0.2, 0.25) is 0 Å². The van der Waals surface area contributed by atoms with Gasteiger partial charge in [0.25, 0.3) is 0 Å². The Morgan fingerprint density at radius 3 is 2.14 bits per heavy atom. The summed E-state index contributed by atoms with van der Waals surface area (Å²) in [6.07, 6.45) is 6.84. The minimum absolute atomic E-state index is 0.0599. The topological polar surface area (TPSA) is 20.2 Å². The molecule has 1 heteroatoms. The molecule has 1 N–H and O–H groups in total. The molecule has 0 heterocycles. The van der Waals surface area contributed by atoms with Crippen LogP contribution in [0.25, 0.3) is 0 Å².